The monoisotopic (exact) mass is 337 g/mol. The smallest absolute Gasteiger partial charge is 0.131 e. The molecule has 2 aromatic rings. The lowest BCUT2D eigenvalue weighted by Gasteiger charge is -2.11. The number of rotatable bonds is 6. The third-order valence-electron chi connectivity index (χ3n) is 3.25. The van der Waals surface area contributed by atoms with E-state index in [0.29, 0.717) is 13.2 Å². The lowest BCUT2D eigenvalue weighted by Crippen LogP contribution is -2.07. The van der Waals surface area contributed by atoms with E-state index in [1.54, 1.807) is 0 Å². The summed E-state index contributed by atoms with van der Waals surface area (Å²) in [6, 6.07) is 8.02. The SMILES string of the molecule is CCc1nn(C)c(COc2ccccc2CCN)c1Br. The van der Waals surface area contributed by atoms with E-state index < -0.39 is 0 Å². The lowest BCUT2D eigenvalue weighted by atomic mass is 10.1. The number of benzene rings is 1. The zero-order valence-corrected chi connectivity index (χ0v) is 13.5. The van der Waals surface area contributed by atoms with E-state index in [4.69, 9.17) is 10.5 Å². The average Bonchev–Trinajstić information content (AvgIpc) is 2.73. The van der Waals surface area contributed by atoms with Crippen LogP contribution in [0.15, 0.2) is 28.7 Å². The van der Waals surface area contributed by atoms with Gasteiger partial charge in [0.25, 0.3) is 0 Å². The van der Waals surface area contributed by atoms with Crippen molar-refractivity contribution >= 4 is 15.9 Å². The van der Waals surface area contributed by atoms with Crippen LogP contribution in [0.3, 0.4) is 0 Å². The van der Waals surface area contributed by atoms with Crippen molar-refractivity contribution in [2.75, 3.05) is 6.54 Å². The number of aromatic nitrogens is 2. The highest BCUT2D eigenvalue weighted by Crippen LogP contribution is 2.24. The Kier molecular flexibility index (Phi) is 5.20. The van der Waals surface area contributed by atoms with Gasteiger partial charge in [-0.05, 0) is 46.9 Å². The molecule has 0 bridgehead atoms. The number of ether oxygens (including phenoxy) is 1. The van der Waals surface area contributed by atoms with Crippen LogP contribution in [0.1, 0.15) is 23.9 Å². The summed E-state index contributed by atoms with van der Waals surface area (Å²) in [5.41, 5.74) is 8.87. The Morgan fingerprint density at radius 1 is 1.35 bits per heavy atom. The number of hydrogen-bond donors (Lipinski definition) is 1. The van der Waals surface area contributed by atoms with Gasteiger partial charge in [0.15, 0.2) is 0 Å². The summed E-state index contributed by atoms with van der Waals surface area (Å²) in [6.45, 7) is 3.20. The van der Waals surface area contributed by atoms with Crippen LogP contribution in [-0.4, -0.2) is 16.3 Å². The van der Waals surface area contributed by atoms with Gasteiger partial charge in [0.2, 0.25) is 0 Å². The normalized spacial score (nSPS) is 10.8. The molecule has 1 heterocycles. The van der Waals surface area contributed by atoms with E-state index in [9.17, 15) is 0 Å². The fourth-order valence-electron chi connectivity index (χ4n) is 2.13. The Hall–Kier alpha value is -1.33. The largest absolute Gasteiger partial charge is 0.487 e. The van der Waals surface area contributed by atoms with Crippen molar-refractivity contribution < 1.29 is 4.74 Å². The predicted molar refractivity (Wildman–Crippen MR) is 83.8 cm³/mol. The Labute approximate surface area is 128 Å². The number of hydrogen-bond acceptors (Lipinski definition) is 3. The molecule has 1 aromatic heterocycles. The highest BCUT2D eigenvalue weighted by atomic mass is 79.9. The van der Waals surface area contributed by atoms with Crippen molar-refractivity contribution in [2.45, 2.75) is 26.4 Å². The zero-order chi connectivity index (χ0) is 14.5. The topological polar surface area (TPSA) is 53.1 Å². The molecule has 0 saturated heterocycles. The number of aryl methyl sites for hydroxylation is 2. The minimum absolute atomic E-state index is 0.492. The van der Waals surface area contributed by atoms with Crippen LogP contribution in [-0.2, 0) is 26.5 Å². The number of nitrogens with zero attached hydrogens (tertiary/aromatic N) is 2. The van der Waals surface area contributed by atoms with Crippen LogP contribution < -0.4 is 10.5 Å². The summed E-state index contributed by atoms with van der Waals surface area (Å²) in [7, 11) is 1.94. The van der Waals surface area contributed by atoms with Gasteiger partial charge in [0, 0.05) is 7.05 Å². The van der Waals surface area contributed by atoms with E-state index >= 15 is 0 Å². The fourth-order valence-corrected chi connectivity index (χ4v) is 2.86. The first-order valence-electron chi connectivity index (χ1n) is 6.78. The van der Waals surface area contributed by atoms with Crippen molar-refractivity contribution in [1.29, 1.82) is 0 Å². The maximum atomic E-state index is 5.95. The summed E-state index contributed by atoms with van der Waals surface area (Å²) >= 11 is 3.60. The van der Waals surface area contributed by atoms with Gasteiger partial charge in [-0.15, -0.1) is 0 Å². The van der Waals surface area contributed by atoms with Gasteiger partial charge in [-0.1, -0.05) is 25.1 Å². The molecular formula is C15H20BrN3O. The summed E-state index contributed by atoms with van der Waals surface area (Å²) in [5, 5.41) is 4.47. The van der Waals surface area contributed by atoms with Crippen molar-refractivity contribution in [3.05, 3.63) is 45.7 Å². The summed E-state index contributed by atoms with van der Waals surface area (Å²) in [4.78, 5) is 0. The van der Waals surface area contributed by atoms with Gasteiger partial charge in [0.1, 0.15) is 12.4 Å². The molecule has 0 fully saturated rings. The van der Waals surface area contributed by atoms with Crippen LogP contribution in [0.4, 0.5) is 0 Å². The molecule has 0 aliphatic heterocycles. The lowest BCUT2D eigenvalue weighted by molar-refractivity contribution is 0.291. The number of halogens is 1. The molecule has 2 rings (SSSR count). The van der Waals surface area contributed by atoms with Crippen LogP contribution in [0.2, 0.25) is 0 Å². The van der Waals surface area contributed by atoms with Gasteiger partial charge in [-0.3, -0.25) is 4.68 Å². The maximum absolute atomic E-state index is 5.95. The second-order valence-corrected chi connectivity index (χ2v) is 5.41. The van der Waals surface area contributed by atoms with Gasteiger partial charge < -0.3 is 10.5 Å². The number of nitrogens with two attached hydrogens (primary N) is 1. The average molecular weight is 338 g/mol. The minimum Gasteiger partial charge on any atom is -0.487 e. The molecule has 0 saturated carbocycles. The molecule has 0 aliphatic rings. The maximum Gasteiger partial charge on any atom is 0.131 e. The molecule has 0 spiro atoms. The summed E-state index contributed by atoms with van der Waals surface area (Å²) in [5.74, 6) is 0.893. The van der Waals surface area contributed by atoms with E-state index in [1.807, 2.05) is 29.9 Å². The first kappa shape index (κ1) is 15.1. The molecular weight excluding hydrogens is 318 g/mol. The molecule has 5 heteroatoms. The molecule has 2 N–H and O–H groups in total. The second kappa shape index (κ2) is 6.90. The van der Waals surface area contributed by atoms with Gasteiger partial charge >= 0.3 is 0 Å². The quantitative estimate of drug-likeness (QED) is 0.881. The standard InChI is InChI=1S/C15H20BrN3O/c1-3-12-15(16)13(19(2)18-12)10-20-14-7-5-4-6-11(14)8-9-17/h4-7H,3,8-10,17H2,1-2H3. The Balaban J connectivity index is 2.15. The highest BCUT2D eigenvalue weighted by Gasteiger charge is 2.13. The van der Waals surface area contributed by atoms with Gasteiger partial charge in [0.05, 0.1) is 15.9 Å². The van der Waals surface area contributed by atoms with E-state index in [0.717, 1.165) is 40.0 Å². The molecule has 0 atom stereocenters. The van der Waals surface area contributed by atoms with Crippen LogP contribution in [0.25, 0.3) is 0 Å². The first-order chi connectivity index (χ1) is 9.67. The molecule has 0 amide bonds. The van der Waals surface area contributed by atoms with Crippen LogP contribution >= 0.6 is 15.9 Å². The molecule has 1 aromatic carbocycles. The fraction of sp³-hybridized carbons (Fsp3) is 0.400. The highest BCUT2D eigenvalue weighted by molar-refractivity contribution is 9.10. The predicted octanol–water partition coefficient (Wildman–Crippen LogP) is 2.83. The third kappa shape index (κ3) is 3.22. The zero-order valence-electron chi connectivity index (χ0n) is 11.9. The molecule has 4 nitrogen and oxygen atoms in total. The molecule has 20 heavy (non-hydrogen) atoms. The molecule has 0 radical (unpaired) electrons. The summed E-state index contributed by atoms with van der Waals surface area (Å²) in [6.07, 6.45) is 1.72. The van der Waals surface area contributed by atoms with Crippen molar-refractivity contribution in [1.82, 2.24) is 9.78 Å². The second-order valence-electron chi connectivity index (χ2n) is 4.62. The minimum atomic E-state index is 0.492. The van der Waals surface area contributed by atoms with Crippen LogP contribution in [0, 0.1) is 0 Å². The Bertz CT molecular complexity index is 580. The van der Waals surface area contributed by atoms with Crippen molar-refractivity contribution in [3.8, 4) is 5.75 Å². The van der Waals surface area contributed by atoms with E-state index in [-0.39, 0.29) is 0 Å². The molecule has 0 unspecified atom stereocenters. The van der Waals surface area contributed by atoms with E-state index in [1.165, 1.54) is 0 Å². The summed E-state index contributed by atoms with van der Waals surface area (Å²) < 4.78 is 8.86. The van der Waals surface area contributed by atoms with Crippen molar-refractivity contribution in [3.63, 3.8) is 0 Å². The van der Waals surface area contributed by atoms with E-state index in [2.05, 4.69) is 34.0 Å². The first-order valence-corrected chi connectivity index (χ1v) is 7.57. The third-order valence-corrected chi connectivity index (χ3v) is 4.17. The Morgan fingerprint density at radius 2 is 2.10 bits per heavy atom. The molecule has 0 aliphatic carbocycles. The Morgan fingerprint density at radius 3 is 2.75 bits per heavy atom. The van der Waals surface area contributed by atoms with Gasteiger partial charge in [-0.25, -0.2) is 0 Å². The van der Waals surface area contributed by atoms with Crippen molar-refractivity contribution in [2.24, 2.45) is 12.8 Å². The molecule has 108 valence electrons. The van der Waals surface area contributed by atoms with Crippen LogP contribution in [0.5, 0.6) is 5.75 Å². The van der Waals surface area contributed by atoms with Gasteiger partial charge in [-0.2, -0.15) is 5.10 Å². The number of para-hydroxylation sites is 1.